The number of anilines is 2. The summed E-state index contributed by atoms with van der Waals surface area (Å²) >= 11 is 1.61. The summed E-state index contributed by atoms with van der Waals surface area (Å²) in [4.78, 5) is 19.7. The van der Waals surface area contributed by atoms with Crippen LogP contribution in [-0.4, -0.2) is 49.3 Å². The number of carbonyl (C=O) groups is 1. The number of hydrogen-bond acceptors (Lipinski definition) is 6. The Morgan fingerprint density at radius 2 is 1.46 bits per heavy atom. The minimum atomic E-state index is -0.307. The Kier molecular flexibility index (Phi) is 9.09. The topological polar surface area (TPSA) is 75.7 Å². The zero-order chi connectivity index (χ0) is 26.9. The average molecular weight is 543 g/mol. The van der Waals surface area contributed by atoms with E-state index in [9.17, 15) is 4.79 Å². The van der Waals surface area contributed by atoms with Crippen molar-refractivity contribution in [2.45, 2.75) is 25.7 Å². The lowest BCUT2D eigenvalue weighted by Gasteiger charge is -2.26. The minimum Gasteiger partial charge on any atom is -0.497 e. The van der Waals surface area contributed by atoms with E-state index in [1.807, 2.05) is 36.4 Å². The highest BCUT2D eigenvalue weighted by Gasteiger charge is 2.10. The number of nitrogens with one attached hydrogen (secondary N) is 2. The lowest BCUT2D eigenvalue weighted by molar-refractivity contribution is 0.205. The van der Waals surface area contributed by atoms with E-state index < -0.39 is 0 Å². The number of urea groups is 1. The van der Waals surface area contributed by atoms with E-state index in [-0.39, 0.29) is 6.03 Å². The first-order valence-corrected chi connectivity index (χ1v) is 14.3. The molecular weight excluding hydrogens is 508 g/mol. The van der Waals surface area contributed by atoms with Gasteiger partial charge in [0.2, 0.25) is 0 Å². The second kappa shape index (κ2) is 13.3. The summed E-state index contributed by atoms with van der Waals surface area (Å²) in [6.07, 6.45) is 5.08. The molecule has 0 radical (unpaired) electrons. The zero-order valence-corrected chi connectivity index (χ0v) is 23.0. The third-order valence-corrected chi connectivity index (χ3v) is 7.62. The number of amides is 2. The first-order valence-electron chi connectivity index (χ1n) is 13.4. The van der Waals surface area contributed by atoms with E-state index >= 15 is 0 Å². The molecule has 39 heavy (non-hydrogen) atoms. The van der Waals surface area contributed by atoms with Crippen LogP contribution in [0, 0.1) is 0 Å². The van der Waals surface area contributed by atoms with E-state index in [4.69, 9.17) is 14.5 Å². The van der Waals surface area contributed by atoms with Crippen LogP contribution in [0.5, 0.6) is 11.5 Å². The second-order valence-electron chi connectivity index (χ2n) is 9.55. The molecule has 0 spiro atoms. The molecule has 8 heteroatoms. The molecule has 2 heterocycles. The molecule has 2 N–H and O–H groups in total. The maximum atomic E-state index is 12.3. The summed E-state index contributed by atoms with van der Waals surface area (Å²) < 4.78 is 11.1. The molecule has 202 valence electrons. The fraction of sp³-hybridized carbons (Fsp3) is 0.290. The maximum Gasteiger partial charge on any atom is 0.323 e. The Morgan fingerprint density at radius 3 is 2.13 bits per heavy atom. The number of hydrogen-bond donors (Lipinski definition) is 2. The molecule has 1 aliphatic rings. The van der Waals surface area contributed by atoms with Crippen molar-refractivity contribution in [2.24, 2.45) is 0 Å². The average Bonchev–Trinajstić information content (AvgIpc) is 3.47. The lowest BCUT2D eigenvalue weighted by Crippen LogP contribution is -2.31. The third-order valence-electron chi connectivity index (χ3n) is 6.73. The zero-order valence-electron chi connectivity index (χ0n) is 22.2. The standard InChI is InChI=1S/C31H34N4O3S/c1-37-27-16-12-26(13-17-27)33-31(36)32-25-10-6-23(7-11-25)29-22-39-30(34-29)24-8-14-28(15-9-24)38-21-5-20-35-18-3-2-4-19-35/h6-17,22H,2-5,18-21H2,1H3,(H2,32,33,36). The molecule has 7 nitrogen and oxygen atoms in total. The first kappa shape index (κ1) is 26.7. The fourth-order valence-corrected chi connectivity index (χ4v) is 5.42. The molecule has 1 aliphatic heterocycles. The maximum absolute atomic E-state index is 12.3. The molecular formula is C31H34N4O3S. The molecule has 2 amide bonds. The Hall–Kier alpha value is -3.88. The van der Waals surface area contributed by atoms with Crippen molar-refractivity contribution in [2.75, 3.05) is 44.0 Å². The predicted molar refractivity (Wildman–Crippen MR) is 159 cm³/mol. The second-order valence-corrected chi connectivity index (χ2v) is 10.4. The molecule has 0 aliphatic carbocycles. The van der Waals surface area contributed by atoms with Crippen LogP contribution in [0.2, 0.25) is 0 Å². The molecule has 0 unspecified atom stereocenters. The minimum absolute atomic E-state index is 0.307. The van der Waals surface area contributed by atoms with Gasteiger partial charge in [-0.25, -0.2) is 9.78 Å². The number of nitrogens with zero attached hydrogens (tertiary/aromatic N) is 2. The van der Waals surface area contributed by atoms with Crippen LogP contribution in [0.15, 0.2) is 78.2 Å². The predicted octanol–water partition coefficient (Wildman–Crippen LogP) is 7.38. The van der Waals surface area contributed by atoms with Crippen LogP contribution in [0.25, 0.3) is 21.8 Å². The van der Waals surface area contributed by atoms with Crippen molar-refractivity contribution in [1.82, 2.24) is 9.88 Å². The monoisotopic (exact) mass is 542 g/mol. The number of carbonyl (C=O) groups excluding carboxylic acids is 1. The highest BCUT2D eigenvalue weighted by atomic mass is 32.1. The van der Waals surface area contributed by atoms with Gasteiger partial charge in [-0.05, 0) is 93.0 Å². The van der Waals surface area contributed by atoms with Gasteiger partial charge < -0.3 is 25.0 Å². The van der Waals surface area contributed by atoms with Gasteiger partial charge in [-0.3, -0.25) is 0 Å². The molecule has 0 atom stereocenters. The van der Waals surface area contributed by atoms with E-state index in [0.717, 1.165) is 52.9 Å². The van der Waals surface area contributed by atoms with E-state index in [1.54, 1.807) is 42.7 Å². The highest BCUT2D eigenvalue weighted by Crippen LogP contribution is 2.30. The summed E-state index contributed by atoms with van der Waals surface area (Å²) in [6, 6.07) is 22.7. The Labute approximate surface area is 233 Å². The van der Waals surface area contributed by atoms with Gasteiger partial charge in [0.05, 0.1) is 19.4 Å². The van der Waals surface area contributed by atoms with Crippen LogP contribution in [-0.2, 0) is 0 Å². The summed E-state index contributed by atoms with van der Waals surface area (Å²) in [5.74, 6) is 1.63. The SMILES string of the molecule is COc1ccc(NC(=O)Nc2ccc(-c3csc(-c4ccc(OCCCN5CCCCC5)cc4)n3)cc2)cc1. The van der Waals surface area contributed by atoms with Gasteiger partial charge in [0.1, 0.15) is 16.5 Å². The number of rotatable bonds is 10. The first-order chi connectivity index (χ1) is 19.2. The Bertz CT molecular complexity index is 1330. The normalized spacial score (nSPS) is 13.6. The number of piperidine rings is 1. The number of methoxy groups -OCH3 is 1. The van der Waals surface area contributed by atoms with Crippen LogP contribution in [0.1, 0.15) is 25.7 Å². The van der Waals surface area contributed by atoms with Crippen LogP contribution >= 0.6 is 11.3 Å². The molecule has 1 aromatic heterocycles. The van der Waals surface area contributed by atoms with Crippen LogP contribution in [0.3, 0.4) is 0 Å². The number of benzene rings is 3. The summed E-state index contributed by atoms with van der Waals surface area (Å²) in [5, 5.41) is 8.68. The lowest BCUT2D eigenvalue weighted by atomic mass is 10.1. The van der Waals surface area contributed by atoms with Gasteiger partial charge in [-0.15, -0.1) is 11.3 Å². The van der Waals surface area contributed by atoms with Crippen molar-refractivity contribution in [1.29, 1.82) is 0 Å². The van der Waals surface area contributed by atoms with Crippen molar-refractivity contribution < 1.29 is 14.3 Å². The third kappa shape index (κ3) is 7.59. The van der Waals surface area contributed by atoms with Gasteiger partial charge in [0.25, 0.3) is 0 Å². The summed E-state index contributed by atoms with van der Waals surface area (Å²) in [6.45, 7) is 4.32. The van der Waals surface area contributed by atoms with Crippen molar-refractivity contribution in [3.05, 3.63) is 78.2 Å². The largest absolute Gasteiger partial charge is 0.497 e. The smallest absolute Gasteiger partial charge is 0.323 e. The Balaban J connectivity index is 1.10. The van der Waals surface area contributed by atoms with E-state index in [0.29, 0.717) is 11.4 Å². The van der Waals surface area contributed by atoms with Crippen LogP contribution in [0.4, 0.5) is 16.2 Å². The van der Waals surface area contributed by atoms with Gasteiger partial charge >= 0.3 is 6.03 Å². The van der Waals surface area contributed by atoms with Crippen molar-refractivity contribution in [3.63, 3.8) is 0 Å². The number of ether oxygens (including phenoxy) is 2. The number of likely N-dealkylation sites (tertiary alicyclic amines) is 1. The highest BCUT2D eigenvalue weighted by molar-refractivity contribution is 7.13. The van der Waals surface area contributed by atoms with Crippen LogP contribution < -0.4 is 20.1 Å². The molecule has 0 saturated carbocycles. The molecule has 0 bridgehead atoms. The molecule has 5 rings (SSSR count). The fourth-order valence-electron chi connectivity index (χ4n) is 4.59. The van der Waals surface area contributed by atoms with Gasteiger partial charge in [-0.2, -0.15) is 0 Å². The number of thiazole rings is 1. The molecule has 1 saturated heterocycles. The van der Waals surface area contributed by atoms with Crippen molar-refractivity contribution >= 4 is 28.7 Å². The van der Waals surface area contributed by atoms with E-state index in [2.05, 4.69) is 33.0 Å². The molecule has 3 aromatic carbocycles. The Morgan fingerprint density at radius 1 is 0.846 bits per heavy atom. The van der Waals surface area contributed by atoms with Crippen molar-refractivity contribution in [3.8, 4) is 33.3 Å². The molecule has 4 aromatic rings. The van der Waals surface area contributed by atoms with Gasteiger partial charge in [0, 0.05) is 34.4 Å². The summed E-state index contributed by atoms with van der Waals surface area (Å²) in [5.41, 5.74) is 4.36. The number of aromatic nitrogens is 1. The molecule has 1 fully saturated rings. The summed E-state index contributed by atoms with van der Waals surface area (Å²) in [7, 11) is 1.61. The van der Waals surface area contributed by atoms with Gasteiger partial charge in [0.15, 0.2) is 0 Å². The van der Waals surface area contributed by atoms with Gasteiger partial charge in [-0.1, -0.05) is 18.6 Å². The quantitative estimate of drug-likeness (QED) is 0.204. The van der Waals surface area contributed by atoms with E-state index in [1.165, 1.54) is 32.4 Å².